The molecule has 2 N–H and O–H groups in total. The van der Waals surface area contributed by atoms with Gasteiger partial charge in [0.15, 0.2) is 0 Å². The van der Waals surface area contributed by atoms with E-state index in [2.05, 4.69) is 115 Å². The summed E-state index contributed by atoms with van der Waals surface area (Å²) < 4.78 is 0. The Balaban J connectivity index is 1.54. The van der Waals surface area contributed by atoms with Crippen molar-refractivity contribution in [1.82, 2.24) is 0 Å². The van der Waals surface area contributed by atoms with Gasteiger partial charge in [-0.3, -0.25) is 0 Å². The lowest BCUT2D eigenvalue weighted by molar-refractivity contribution is 0.523. The predicted octanol–water partition coefficient (Wildman–Crippen LogP) is 6.32. The molecule has 0 spiro atoms. The van der Waals surface area contributed by atoms with E-state index in [1.54, 1.807) is 0 Å². The highest BCUT2D eigenvalue weighted by Crippen LogP contribution is 2.56. The molecule has 0 radical (unpaired) electrons. The van der Waals surface area contributed by atoms with Gasteiger partial charge in [-0.05, 0) is 46.2 Å². The SMILES string of the molecule is CN(C)c1ccc([C@H]2Nc3ccc4ccccc4c3[C@@H]3Nc4ccccc4[C@H]23)cc1. The van der Waals surface area contributed by atoms with Gasteiger partial charge >= 0.3 is 0 Å². The molecule has 0 bridgehead atoms. The second-order valence-corrected chi connectivity index (χ2v) is 8.59. The van der Waals surface area contributed by atoms with Gasteiger partial charge in [-0.25, -0.2) is 0 Å². The van der Waals surface area contributed by atoms with Crippen LogP contribution in [0.2, 0.25) is 0 Å². The summed E-state index contributed by atoms with van der Waals surface area (Å²) in [6.07, 6.45) is 0. The van der Waals surface area contributed by atoms with E-state index in [9.17, 15) is 0 Å². The van der Waals surface area contributed by atoms with Crippen molar-refractivity contribution in [2.75, 3.05) is 29.6 Å². The standard InChI is InChI=1S/C27H25N3/c1-30(2)19-14-11-18(12-15-19)26-25-21-9-5-6-10-22(21)28-27(25)24-20-8-4-3-7-17(20)13-16-23(24)29-26/h3-16,25-29H,1-2H3/t25-,26-,27+/m1/s1. The summed E-state index contributed by atoms with van der Waals surface area (Å²) in [5.74, 6) is 0.338. The molecule has 0 saturated heterocycles. The molecule has 3 heteroatoms. The van der Waals surface area contributed by atoms with Gasteiger partial charge in [0.2, 0.25) is 0 Å². The second kappa shape index (κ2) is 6.53. The molecule has 0 unspecified atom stereocenters. The summed E-state index contributed by atoms with van der Waals surface area (Å²) in [6, 6.07) is 31.4. The number of para-hydroxylation sites is 1. The van der Waals surface area contributed by atoms with E-state index in [0.717, 1.165) is 0 Å². The maximum absolute atomic E-state index is 3.91. The normalized spacial score (nSPS) is 21.2. The van der Waals surface area contributed by atoms with Gasteiger partial charge in [0.05, 0.1) is 12.1 Å². The Morgan fingerprint density at radius 3 is 2.23 bits per heavy atom. The van der Waals surface area contributed by atoms with Crippen molar-refractivity contribution in [1.29, 1.82) is 0 Å². The number of nitrogens with zero attached hydrogens (tertiary/aromatic N) is 1. The first-order chi connectivity index (χ1) is 14.7. The average Bonchev–Trinajstić information content (AvgIpc) is 3.18. The van der Waals surface area contributed by atoms with Crippen LogP contribution in [0.3, 0.4) is 0 Å². The van der Waals surface area contributed by atoms with Crippen molar-refractivity contribution in [3.63, 3.8) is 0 Å². The molecule has 148 valence electrons. The van der Waals surface area contributed by atoms with E-state index in [1.165, 1.54) is 44.5 Å². The number of anilines is 3. The Morgan fingerprint density at radius 1 is 0.667 bits per heavy atom. The van der Waals surface area contributed by atoms with Crippen LogP contribution in [0, 0.1) is 0 Å². The van der Waals surface area contributed by atoms with Crippen molar-refractivity contribution in [2.45, 2.75) is 18.0 Å². The summed E-state index contributed by atoms with van der Waals surface area (Å²) in [4.78, 5) is 2.15. The zero-order valence-electron chi connectivity index (χ0n) is 17.3. The zero-order valence-corrected chi connectivity index (χ0v) is 17.3. The smallest absolute Gasteiger partial charge is 0.0632 e. The van der Waals surface area contributed by atoms with Gasteiger partial charge in [-0.2, -0.15) is 0 Å². The molecule has 0 aromatic heterocycles. The summed E-state index contributed by atoms with van der Waals surface area (Å²) in [7, 11) is 4.17. The van der Waals surface area contributed by atoms with E-state index in [4.69, 9.17) is 0 Å². The first-order valence-electron chi connectivity index (χ1n) is 10.6. The third-order valence-corrected chi connectivity index (χ3v) is 6.71. The number of fused-ring (bicyclic) bond motifs is 7. The number of hydrogen-bond acceptors (Lipinski definition) is 3. The molecule has 2 aliphatic heterocycles. The lowest BCUT2D eigenvalue weighted by Crippen LogP contribution is -2.30. The van der Waals surface area contributed by atoms with Crippen LogP contribution in [0.15, 0.2) is 84.9 Å². The molecular formula is C27H25N3. The summed E-state index contributed by atoms with van der Waals surface area (Å²) >= 11 is 0. The van der Waals surface area contributed by atoms with Gasteiger partial charge in [0, 0.05) is 42.6 Å². The molecule has 2 heterocycles. The van der Waals surface area contributed by atoms with Crippen LogP contribution in [0.1, 0.15) is 34.7 Å². The van der Waals surface area contributed by atoms with Crippen LogP contribution in [-0.2, 0) is 0 Å². The lowest BCUT2D eigenvalue weighted by Gasteiger charge is -2.38. The first-order valence-corrected chi connectivity index (χ1v) is 10.6. The Hall–Kier alpha value is -3.46. The lowest BCUT2D eigenvalue weighted by atomic mass is 9.77. The van der Waals surface area contributed by atoms with E-state index >= 15 is 0 Å². The fraction of sp³-hybridized carbons (Fsp3) is 0.185. The van der Waals surface area contributed by atoms with Crippen molar-refractivity contribution >= 4 is 27.8 Å². The number of hydrogen-bond donors (Lipinski definition) is 2. The highest BCUT2D eigenvalue weighted by atomic mass is 15.1. The summed E-state index contributed by atoms with van der Waals surface area (Å²) in [5.41, 5.74) is 7.82. The fourth-order valence-electron chi connectivity index (χ4n) is 5.26. The van der Waals surface area contributed by atoms with E-state index in [0.29, 0.717) is 5.92 Å². The minimum atomic E-state index is 0.219. The van der Waals surface area contributed by atoms with E-state index < -0.39 is 0 Å². The molecule has 2 aliphatic rings. The fourth-order valence-corrected chi connectivity index (χ4v) is 5.26. The van der Waals surface area contributed by atoms with Gasteiger partial charge in [0.1, 0.15) is 0 Å². The van der Waals surface area contributed by atoms with Crippen LogP contribution >= 0.6 is 0 Å². The maximum Gasteiger partial charge on any atom is 0.0632 e. The molecule has 4 aromatic rings. The van der Waals surface area contributed by atoms with E-state index in [-0.39, 0.29) is 12.1 Å². The maximum atomic E-state index is 3.91. The summed E-state index contributed by atoms with van der Waals surface area (Å²) in [5, 5.41) is 10.4. The van der Waals surface area contributed by atoms with Crippen molar-refractivity contribution in [2.24, 2.45) is 0 Å². The third kappa shape index (κ3) is 2.51. The Labute approximate surface area is 177 Å². The molecule has 3 atom stereocenters. The molecule has 3 nitrogen and oxygen atoms in total. The largest absolute Gasteiger partial charge is 0.378 e. The van der Waals surface area contributed by atoms with Gasteiger partial charge in [-0.1, -0.05) is 60.7 Å². The monoisotopic (exact) mass is 391 g/mol. The van der Waals surface area contributed by atoms with Crippen molar-refractivity contribution in [3.05, 3.63) is 102 Å². The van der Waals surface area contributed by atoms with Crippen LogP contribution in [0.5, 0.6) is 0 Å². The Kier molecular flexibility index (Phi) is 3.79. The van der Waals surface area contributed by atoms with Crippen molar-refractivity contribution < 1.29 is 0 Å². The number of nitrogens with one attached hydrogen (secondary N) is 2. The van der Waals surface area contributed by atoms with Crippen LogP contribution < -0.4 is 15.5 Å². The van der Waals surface area contributed by atoms with Gasteiger partial charge in [-0.15, -0.1) is 0 Å². The average molecular weight is 392 g/mol. The molecular weight excluding hydrogens is 366 g/mol. The van der Waals surface area contributed by atoms with E-state index in [1.807, 2.05) is 0 Å². The molecule has 0 aliphatic carbocycles. The number of benzene rings is 4. The predicted molar refractivity (Wildman–Crippen MR) is 127 cm³/mol. The second-order valence-electron chi connectivity index (χ2n) is 8.59. The minimum Gasteiger partial charge on any atom is -0.378 e. The highest BCUT2D eigenvalue weighted by Gasteiger charge is 2.44. The molecule has 30 heavy (non-hydrogen) atoms. The third-order valence-electron chi connectivity index (χ3n) is 6.71. The Bertz CT molecular complexity index is 1240. The topological polar surface area (TPSA) is 27.3 Å². The summed E-state index contributed by atoms with van der Waals surface area (Å²) in [6.45, 7) is 0. The van der Waals surface area contributed by atoms with Crippen LogP contribution in [-0.4, -0.2) is 14.1 Å². The molecule has 4 aromatic carbocycles. The molecule has 0 saturated carbocycles. The number of rotatable bonds is 2. The highest BCUT2D eigenvalue weighted by molar-refractivity contribution is 5.92. The van der Waals surface area contributed by atoms with Gasteiger partial charge in [0.25, 0.3) is 0 Å². The Morgan fingerprint density at radius 2 is 1.40 bits per heavy atom. The van der Waals surface area contributed by atoms with Crippen LogP contribution in [0.25, 0.3) is 10.8 Å². The first kappa shape index (κ1) is 17.4. The molecule has 0 fully saturated rings. The zero-order chi connectivity index (χ0) is 20.2. The molecule has 6 rings (SSSR count). The minimum absolute atomic E-state index is 0.219. The quantitative estimate of drug-likeness (QED) is 0.418. The van der Waals surface area contributed by atoms with Crippen molar-refractivity contribution in [3.8, 4) is 0 Å². The van der Waals surface area contributed by atoms with Crippen LogP contribution in [0.4, 0.5) is 17.1 Å². The van der Waals surface area contributed by atoms with Gasteiger partial charge < -0.3 is 15.5 Å². The molecule has 0 amide bonds.